The quantitative estimate of drug-likeness (QED) is 0.171. The van der Waals surface area contributed by atoms with Crippen molar-refractivity contribution in [1.82, 2.24) is 0 Å². The van der Waals surface area contributed by atoms with Crippen LogP contribution in [0.3, 0.4) is 0 Å². The van der Waals surface area contributed by atoms with Crippen molar-refractivity contribution in [2.24, 2.45) is 0 Å². The third-order valence-corrected chi connectivity index (χ3v) is 10.6. The smallest absolute Gasteiger partial charge is 0.112 e. The molecule has 0 aliphatic heterocycles. The summed E-state index contributed by atoms with van der Waals surface area (Å²) in [5.74, 6) is 0. The summed E-state index contributed by atoms with van der Waals surface area (Å²) in [5, 5.41) is 4.43. The van der Waals surface area contributed by atoms with Crippen LogP contribution in [0.15, 0.2) is 133 Å². The van der Waals surface area contributed by atoms with Crippen molar-refractivity contribution in [3.8, 4) is 0 Å². The van der Waals surface area contributed by atoms with Gasteiger partial charge in [-0.2, -0.15) is 0 Å². The van der Waals surface area contributed by atoms with Gasteiger partial charge in [0.1, 0.15) is 23.2 Å². The van der Waals surface area contributed by atoms with E-state index in [2.05, 4.69) is 133 Å². The van der Waals surface area contributed by atoms with E-state index in [1.807, 2.05) is 0 Å². The molecule has 0 N–H and O–H groups in total. The van der Waals surface area contributed by atoms with E-state index < -0.39 is 7.26 Å². The molecule has 0 atom stereocenters. The van der Waals surface area contributed by atoms with E-state index in [-0.39, 0.29) is 17.0 Å². The molecule has 2 heteroatoms. The average Bonchev–Trinajstić information content (AvgIpc) is 2.88. The molecule has 0 fully saturated rings. The fraction of sp³-hybridized carbons (Fsp3) is 0.161. The van der Waals surface area contributed by atoms with Gasteiger partial charge >= 0.3 is 0 Å². The Bertz CT molecular complexity index is 980. The Morgan fingerprint density at radius 1 is 0.485 bits per heavy atom. The van der Waals surface area contributed by atoms with Crippen LogP contribution in [0.25, 0.3) is 0 Å². The van der Waals surface area contributed by atoms with E-state index in [0.29, 0.717) is 0 Å². The highest BCUT2D eigenvalue weighted by molar-refractivity contribution is 7.95. The van der Waals surface area contributed by atoms with E-state index in [4.69, 9.17) is 0 Å². The van der Waals surface area contributed by atoms with Crippen LogP contribution in [0.4, 0.5) is 0 Å². The largest absolute Gasteiger partial charge is 1.00 e. The first-order valence-corrected chi connectivity index (χ1v) is 13.6. The Morgan fingerprint density at radius 2 is 0.879 bits per heavy atom. The highest BCUT2D eigenvalue weighted by Crippen LogP contribution is 2.55. The van der Waals surface area contributed by atoms with Gasteiger partial charge in [0.05, 0.1) is 6.16 Å². The maximum atomic E-state index is 2.39. The maximum Gasteiger partial charge on any atom is 0.112 e. The molecule has 33 heavy (non-hydrogen) atoms. The lowest BCUT2D eigenvalue weighted by Gasteiger charge is -2.27. The number of benzene rings is 4. The fourth-order valence-corrected chi connectivity index (χ4v) is 8.83. The zero-order valence-electron chi connectivity index (χ0n) is 19.1. The lowest BCUT2D eigenvalue weighted by molar-refractivity contribution is -0.00000625. The molecule has 0 radical (unpaired) electrons. The molecule has 0 saturated heterocycles. The standard InChI is InChI=1S/C31H32P.BrH/c1(2-8-18-28-19-9-4-10-20-28)3-17-27-32(29-21-11-5-12-22-29,30-23-13-6-14-24-30)31-25-15-7-16-26-31;/h1-2,4-7,9-16,19-26H,3,8,17-18,27H2;1H/q+1;/p-1/b2-1+;. The van der Waals surface area contributed by atoms with Gasteiger partial charge in [-0.3, -0.25) is 0 Å². The molecule has 0 aliphatic carbocycles. The minimum absolute atomic E-state index is 0. The van der Waals surface area contributed by atoms with Crippen LogP contribution in [-0.2, 0) is 6.42 Å². The molecule has 0 saturated carbocycles. The van der Waals surface area contributed by atoms with Gasteiger partial charge < -0.3 is 17.0 Å². The van der Waals surface area contributed by atoms with Crippen molar-refractivity contribution >= 4 is 23.2 Å². The van der Waals surface area contributed by atoms with Crippen molar-refractivity contribution in [3.05, 3.63) is 139 Å². The first-order valence-electron chi connectivity index (χ1n) is 11.6. The second-order valence-corrected chi connectivity index (χ2v) is 11.8. The molecule has 0 unspecified atom stereocenters. The maximum absolute atomic E-state index is 2.39. The summed E-state index contributed by atoms with van der Waals surface area (Å²) in [6.07, 6.45) is 10.5. The average molecular weight is 515 g/mol. The summed E-state index contributed by atoms with van der Waals surface area (Å²) in [4.78, 5) is 0. The fourth-order valence-electron chi connectivity index (χ4n) is 4.46. The van der Waals surface area contributed by atoms with E-state index in [0.717, 1.165) is 19.3 Å². The molecular weight excluding hydrogens is 483 g/mol. The molecule has 0 nitrogen and oxygen atoms in total. The second-order valence-electron chi connectivity index (χ2n) is 8.18. The van der Waals surface area contributed by atoms with Gasteiger partial charge in [-0.15, -0.1) is 0 Å². The molecule has 0 heterocycles. The molecule has 4 aromatic rings. The number of allylic oxidation sites excluding steroid dienone is 2. The minimum Gasteiger partial charge on any atom is -1.00 e. The van der Waals surface area contributed by atoms with Gasteiger partial charge in [-0.25, -0.2) is 0 Å². The van der Waals surface area contributed by atoms with Crippen LogP contribution in [-0.4, -0.2) is 6.16 Å². The summed E-state index contributed by atoms with van der Waals surface area (Å²) in [5.41, 5.74) is 1.42. The SMILES string of the molecule is C(=C\CCc1ccccc1)/CCC[P+](c1ccccc1)(c1ccccc1)c1ccccc1.[Br-]. The van der Waals surface area contributed by atoms with Gasteiger partial charge in [-0.1, -0.05) is 97.1 Å². The Labute approximate surface area is 210 Å². The molecule has 0 spiro atoms. The summed E-state index contributed by atoms with van der Waals surface area (Å²) >= 11 is 0. The predicted octanol–water partition coefficient (Wildman–Crippen LogP) is 3.95. The zero-order chi connectivity index (χ0) is 21.9. The molecule has 0 bridgehead atoms. The Kier molecular flexibility index (Phi) is 10.1. The van der Waals surface area contributed by atoms with Gasteiger partial charge in [0.25, 0.3) is 0 Å². The third-order valence-electron chi connectivity index (χ3n) is 6.06. The summed E-state index contributed by atoms with van der Waals surface area (Å²) < 4.78 is 0. The Morgan fingerprint density at radius 3 is 1.33 bits per heavy atom. The van der Waals surface area contributed by atoms with Gasteiger partial charge in [0.15, 0.2) is 0 Å². The highest BCUT2D eigenvalue weighted by Gasteiger charge is 2.44. The second kappa shape index (κ2) is 13.3. The normalized spacial score (nSPS) is 11.3. The molecule has 0 amide bonds. The highest BCUT2D eigenvalue weighted by atomic mass is 79.9. The van der Waals surface area contributed by atoms with Crippen LogP contribution in [0, 0.1) is 0 Å². The van der Waals surface area contributed by atoms with E-state index in [9.17, 15) is 0 Å². The van der Waals surface area contributed by atoms with Crippen molar-refractivity contribution < 1.29 is 17.0 Å². The van der Waals surface area contributed by atoms with Gasteiger partial charge in [-0.05, 0) is 67.6 Å². The van der Waals surface area contributed by atoms with E-state index in [1.165, 1.54) is 34.1 Å². The molecule has 4 rings (SSSR count). The number of unbranched alkanes of at least 4 members (excludes halogenated alkanes) is 1. The van der Waals surface area contributed by atoms with Crippen LogP contribution < -0.4 is 32.9 Å². The monoisotopic (exact) mass is 514 g/mol. The number of hydrogen-bond donors (Lipinski definition) is 0. The summed E-state index contributed by atoms with van der Waals surface area (Å²) in [6.45, 7) is 0. The minimum atomic E-state index is -1.69. The van der Waals surface area contributed by atoms with Crippen LogP contribution in [0.2, 0.25) is 0 Å². The lowest BCUT2D eigenvalue weighted by atomic mass is 10.1. The van der Waals surface area contributed by atoms with Crippen molar-refractivity contribution in [2.45, 2.75) is 25.7 Å². The Balaban J connectivity index is 0.00000306. The van der Waals surface area contributed by atoms with Crippen molar-refractivity contribution in [2.75, 3.05) is 6.16 Å². The van der Waals surface area contributed by atoms with Crippen LogP contribution in [0.5, 0.6) is 0 Å². The summed E-state index contributed by atoms with van der Waals surface area (Å²) in [6, 6.07) is 44.3. The van der Waals surface area contributed by atoms with Crippen molar-refractivity contribution in [3.63, 3.8) is 0 Å². The molecular formula is C31H32BrP. The van der Waals surface area contributed by atoms with Crippen LogP contribution >= 0.6 is 7.26 Å². The molecule has 0 aromatic heterocycles. The number of rotatable bonds is 10. The van der Waals surface area contributed by atoms with E-state index in [1.54, 1.807) is 0 Å². The summed E-state index contributed by atoms with van der Waals surface area (Å²) in [7, 11) is -1.69. The third kappa shape index (κ3) is 6.53. The molecule has 4 aromatic carbocycles. The predicted molar refractivity (Wildman–Crippen MR) is 143 cm³/mol. The first kappa shape index (κ1) is 25.2. The molecule has 168 valence electrons. The topological polar surface area (TPSA) is 0 Å². The number of halogens is 1. The van der Waals surface area contributed by atoms with Gasteiger partial charge in [0.2, 0.25) is 0 Å². The zero-order valence-corrected chi connectivity index (χ0v) is 21.5. The van der Waals surface area contributed by atoms with Crippen molar-refractivity contribution in [1.29, 1.82) is 0 Å². The molecule has 0 aliphatic rings. The number of hydrogen-bond acceptors (Lipinski definition) is 0. The number of aryl methyl sites for hydroxylation is 1. The van der Waals surface area contributed by atoms with E-state index >= 15 is 0 Å². The lowest BCUT2D eigenvalue weighted by Crippen LogP contribution is -3.00. The van der Waals surface area contributed by atoms with Crippen LogP contribution in [0.1, 0.15) is 24.8 Å². The van der Waals surface area contributed by atoms with Gasteiger partial charge in [0, 0.05) is 0 Å². The Hall–Kier alpha value is -2.47. The first-order chi connectivity index (χ1) is 15.9.